The van der Waals surface area contributed by atoms with Crippen molar-refractivity contribution in [1.29, 1.82) is 0 Å². The van der Waals surface area contributed by atoms with Crippen LogP contribution in [0, 0.1) is 0 Å². The Kier molecular flexibility index (Phi) is 6.78. The molecule has 11 heteroatoms. The van der Waals surface area contributed by atoms with Gasteiger partial charge in [-0.05, 0) is 30.3 Å². The molecule has 0 saturated carbocycles. The van der Waals surface area contributed by atoms with Crippen molar-refractivity contribution in [2.45, 2.75) is 17.9 Å². The Hall–Kier alpha value is -3.57. The lowest BCUT2D eigenvalue weighted by Gasteiger charge is -2.08. The van der Waals surface area contributed by atoms with E-state index in [9.17, 15) is 22.8 Å². The number of benzene rings is 2. The van der Waals surface area contributed by atoms with Crippen LogP contribution in [0.15, 0.2) is 58.2 Å². The summed E-state index contributed by atoms with van der Waals surface area (Å²) < 4.78 is 36.2. The Labute approximate surface area is 177 Å². The fourth-order valence-electron chi connectivity index (χ4n) is 2.69. The molecule has 0 spiro atoms. The van der Waals surface area contributed by atoms with Gasteiger partial charge in [0, 0.05) is 6.54 Å². The van der Waals surface area contributed by atoms with Crippen molar-refractivity contribution in [3.63, 3.8) is 0 Å². The number of carbonyl (C=O) groups is 2. The van der Waals surface area contributed by atoms with Crippen LogP contribution in [0.1, 0.15) is 22.6 Å². The molecule has 3 aromatic rings. The van der Waals surface area contributed by atoms with E-state index in [0.717, 1.165) is 0 Å². The summed E-state index contributed by atoms with van der Waals surface area (Å²) in [4.78, 5) is 42.5. The first-order chi connectivity index (χ1) is 14.8. The van der Waals surface area contributed by atoms with Gasteiger partial charge in [0.25, 0.3) is 5.56 Å². The van der Waals surface area contributed by atoms with Crippen LogP contribution in [0.2, 0.25) is 0 Å². The van der Waals surface area contributed by atoms with Gasteiger partial charge in [-0.3, -0.25) is 9.59 Å². The largest absolute Gasteiger partial charge is 0.465 e. The fraction of sp³-hybridized carbons (Fsp3) is 0.200. The van der Waals surface area contributed by atoms with Crippen molar-refractivity contribution >= 4 is 32.9 Å². The molecule has 0 saturated heterocycles. The lowest BCUT2D eigenvalue weighted by Crippen LogP contribution is -2.26. The van der Waals surface area contributed by atoms with Gasteiger partial charge in [-0.15, -0.1) is 0 Å². The number of esters is 2. The summed E-state index contributed by atoms with van der Waals surface area (Å²) in [5.41, 5.74) is 0.0122. The second kappa shape index (κ2) is 9.49. The maximum Gasteiger partial charge on any atom is 0.337 e. The highest BCUT2D eigenvalue weighted by Crippen LogP contribution is 2.12. The fourth-order valence-corrected chi connectivity index (χ4v) is 3.75. The van der Waals surface area contributed by atoms with E-state index in [1.165, 1.54) is 37.4 Å². The van der Waals surface area contributed by atoms with Crippen LogP contribution in [-0.4, -0.2) is 44.0 Å². The first-order valence-corrected chi connectivity index (χ1v) is 10.6. The van der Waals surface area contributed by atoms with Crippen molar-refractivity contribution in [3.05, 3.63) is 70.3 Å². The Bertz CT molecular complexity index is 1270. The van der Waals surface area contributed by atoms with E-state index in [1.807, 2.05) is 0 Å². The van der Waals surface area contributed by atoms with Gasteiger partial charge in [0.15, 0.2) is 0 Å². The molecule has 0 bridgehead atoms. The number of aromatic nitrogens is 2. The van der Waals surface area contributed by atoms with Crippen LogP contribution in [-0.2, 0) is 30.9 Å². The highest BCUT2D eigenvalue weighted by atomic mass is 32.2. The molecule has 0 aliphatic carbocycles. The molecule has 0 unspecified atom stereocenters. The lowest BCUT2D eigenvalue weighted by atomic mass is 10.1. The number of hydrogen-bond acceptors (Lipinski definition) is 8. The molecule has 0 radical (unpaired) electrons. The summed E-state index contributed by atoms with van der Waals surface area (Å²) in [5.74, 6) is -1.17. The van der Waals surface area contributed by atoms with E-state index >= 15 is 0 Å². The summed E-state index contributed by atoms with van der Waals surface area (Å²) >= 11 is 0. The SMILES string of the molecule is COC(=O)c1ccc2c(=O)[nH]c(COC(=O)CCNS(=O)(=O)c3ccccc3)nc2c1. The van der Waals surface area contributed by atoms with Crippen LogP contribution < -0.4 is 10.3 Å². The summed E-state index contributed by atoms with van der Waals surface area (Å²) in [6.07, 6.45) is -0.212. The molecule has 31 heavy (non-hydrogen) atoms. The third kappa shape index (κ3) is 5.53. The zero-order valence-electron chi connectivity index (χ0n) is 16.5. The van der Waals surface area contributed by atoms with Crippen molar-refractivity contribution < 1.29 is 27.5 Å². The molecule has 0 amide bonds. The van der Waals surface area contributed by atoms with Gasteiger partial charge in [-0.1, -0.05) is 18.2 Å². The van der Waals surface area contributed by atoms with Crippen molar-refractivity contribution in [2.75, 3.05) is 13.7 Å². The van der Waals surface area contributed by atoms with Gasteiger partial charge in [0.2, 0.25) is 10.0 Å². The van der Waals surface area contributed by atoms with Crippen LogP contribution in [0.5, 0.6) is 0 Å². The number of rotatable bonds is 8. The normalized spacial score (nSPS) is 11.3. The summed E-state index contributed by atoms with van der Waals surface area (Å²) in [7, 11) is -2.48. The zero-order chi connectivity index (χ0) is 22.4. The minimum atomic E-state index is -3.72. The Balaban J connectivity index is 1.59. The van der Waals surface area contributed by atoms with Crippen LogP contribution in [0.25, 0.3) is 10.9 Å². The van der Waals surface area contributed by atoms with E-state index in [1.54, 1.807) is 18.2 Å². The van der Waals surface area contributed by atoms with Crippen molar-refractivity contribution in [3.8, 4) is 0 Å². The monoisotopic (exact) mass is 445 g/mol. The standard InChI is InChI=1S/C20H19N3O7S/c1-29-20(26)13-7-8-15-16(11-13)22-17(23-19(15)25)12-30-18(24)9-10-21-31(27,28)14-5-3-2-4-6-14/h2-8,11,21H,9-10,12H2,1H3,(H,22,23,25). The molecule has 3 rings (SSSR count). The average Bonchev–Trinajstić information content (AvgIpc) is 2.77. The van der Waals surface area contributed by atoms with E-state index in [0.29, 0.717) is 0 Å². The van der Waals surface area contributed by atoms with E-state index in [-0.39, 0.29) is 46.8 Å². The van der Waals surface area contributed by atoms with Gasteiger partial charge >= 0.3 is 11.9 Å². The minimum absolute atomic E-state index is 0.0812. The number of sulfonamides is 1. The first-order valence-electron chi connectivity index (χ1n) is 9.12. The molecular formula is C20H19N3O7S. The number of nitrogens with zero attached hydrogens (tertiary/aromatic N) is 1. The summed E-state index contributed by atoms with van der Waals surface area (Å²) in [5, 5.41) is 0.262. The van der Waals surface area contributed by atoms with E-state index < -0.39 is 27.5 Å². The molecule has 1 heterocycles. The van der Waals surface area contributed by atoms with Crippen LogP contribution in [0.4, 0.5) is 0 Å². The van der Waals surface area contributed by atoms with Gasteiger partial charge in [0.1, 0.15) is 12.4 Å². The lowest BCUT2D eigenvalue weighted by molar-refractivity contribution is -0.145. The maximum absolute atomic E-state index is 12.2. The number of H-pyrrole nitrogens is 1. The minimum Gasteiger partial charge on any atom is -0.465 e. The number of fused-ring (bicyclic) bond motifs is 1. The summed E-state index contributed by atoms with van der Waals surface area (Å²) in [6, 6.07) is 12.0. The molecular weight excluding hydrogens is 426 g/mol. The summed E-state index contributed by atoms with van der Waals surface area (Å²) in [6.45, 7) is -0.474. The third-order valence-corrected chi connectivity index (χ3v) is 5.70. The predicted octanol–water partition coefficient (Wildman–Crippen LogP) is 1.12. The second-order valence-corrected chi connectivity index (χ2v) is 8.12. The van der Waals surface area contributed by atoms with Gasteiger partial charge in [-0.2, -0.15) is 0 Å². The zero-order valence-corrected chi connectivity index (χ0v) is 17.3. The highest BCUT2D eigenvalue weighted by Gasteiger charge is 2.15. The van der Waals surface area contributed by atoms with Crippen LogP contribution in [0.3, 0.4) is 0 Å². The molecule has 162 valence electrons. The molecule has 10 nitrogen and oxygen atoms in total. The number of aromatic amines is 1. The van der Waals surface area contributed by atoms with Crippen LogP contribution >= 0.6 is 0 Å². The van der Waals surface area contributed by atoms with Gasteiger partial charge in [0.05, 0.1) is 34.9 Å². The number of hydrogen-bond donors (Lipinski definition) is 2. The van der Waals surface area contributed by atoms with E-state index in [2.05, 4.69) is 19.4 Å². The number of nitrogens with one attached hydrogen (secondary N) is 2. The Morgan fingerprint density at radius 1 is 1.13 bits per heavy atom. The van der Waals surface area contributed by atoms with Crippen molar-refractivity contribution in [1.82, 2.24) is 14.7 Å². The average molecular weight is 445 g/mol. The van der Waals surface area contributed by atoms with Gasteiger partial charge in [-0.25, -0.2) is 22.9 Å². The number of methoxy groups -OCH3 is 1. The molecule has 2 N–H and O–H groups in total. The quantitative estimate of drug-likeness (QED) is 0.491. The third-order valence-electron chi connectivity index (χ3n) is 4.22. The first kappa shape index (κ1) is 22.1. The number of carbonyl (C=O) groups excluding carboxylic acids is 2. The topological polar surface area (TPSA) is 145 Å². The van der Waals surface area contributed by atoms with Gasteiger partial charge < -0.3 is 14.5 Å². The maximum atomic E-state index is 12.2. The molecule has 0 aliphatic heterocycles. The smallest absolute Gasteiger partial charge is 0.337 e. The highest BCUT2D eigenvalue weighted by molar-refractivity contribution is 7.89. The molecule has 0 fully saturated rings. The number of ether oxygens (including phenoxy) is 2. The molecule has 2 aromatic carbocycles. The predicted molar refractivity (Wildman–Crippen MR) is 110 cm³/mol. The Morgan fingerprint density at radius 3 is 2.58 bits per heavy atom. The van der Waals surface area contributed by atoms with Crippen molar-refractivity contribution in [2.24, 2.45) is 0 Å². The molecule has 0 atom stereocenters. The molecule has 0 aliphatic rings. The molecule has 1 aromatic heterocycles. The van der Waals surface area contributed by atoms with E-state index in [4.69, 9.17) is 4.74 Å². The Morgan fingerprint density at radius 2 is 1.87 bits per heavy atom. The second-order valence-electron chi connectivity index (χ2n) is 6.36.